The predicted molar refractivity (Wildman–Crippen MR) is 84.1 cm³/mol. The van der Waals surface area contributed by atoms with E-state index in [1.165, 1.54) is 5.56 Å². The number of aliphatic hydroxyl groups is 1. The second-order valence-electron chi connectivity index (χ2n) is 5.03. The molecule has 0 bridgehead atoms. The van der Waals surface area contributed by atoms with Crippen molar-refractivity contribution in [2.45, 2.75) is 27.0 Å². The Bertz CT molecular complexity index is 638. The number of benzene rings is 2. The van der Waals surface area contributed by atoms with Crippen LogP contribution in [-0.2, 0) is 13.2 Å². The van der Waals surface area contributed by atoms with Gasteiger partial charge in [0.05, 0.1) is 6.61 Å². The highest BCUT2D eigenvalue weighted by Gasteiger charge is 2.05. The molecule has 0 aromatic heterocycles. The van der Waals surface area contributed by atoms with Crippen LogP contribution in [0.5, 0.6) is 0 Å². The third-order valence-corrected chi connectivity index (χ3v) is 3.49. The van der Waals surface area contributed by atoms with Gasteiger partial charge < -0.3 is 15.7 Å². The number of urea groups is 1. The Morgan fingerprint density at radius 1 is 1.05 bits per heavy atom. The first-order chi connectivity index (χ1) is 10.1. The van der Waals surface area contributed by atoms with Crippen LogP contribution in [0, 0.1) is 13.8 Å². The molecule has 0 saturated carbocycles. The fourth-order valence-corrected chi connectivity index (χ4v) is 2.05. The Hall–Kier alpha value is -2.33. The number of amides is 2. The minimum atomic E-state index is -0.258. The van der Waals surface area contributed by atoms with Gasteiger partial charge in [0.15, 0.2) is 0 Å². The maximum Gasteiger partial charge on any atom is 0.319 e. The molecular formula is C17H20N2O2. The molecular weight excluding hydrogens is 264 g/mol. The lowest BCUT2D eigenvalue weighted by Gasteiger charge is -2.11. The summed E-state index contributed by atoms with van der Waals surface area (Å²) in [6, 6.07) is 13.0. The van der Waals surface area contributed by atoms with Gasteiger partial charge in [-0.25, -0.2) is 4.79 Å². The third kappa shape index (κ3) is 4.07. The lowest BCUT2D eigenvalue weighted by atomic mass is 10.1. The summed E-state index contributed by atoms with van der Waals surface area (Å²) in [7, 11) is 0. The zero-order chi connectivity index (χ0) is 15.2. The van der Waals surface area contributed by atoms with Crippen LogP contribution in [0.2, 0.25) is 0 Å². The van der Waals surface area contributed by atoms with Crippen LogP contribution in [0.1, 0.15) is 22.3 Å². The van der Waals surface area contributed by atoms with E-state index >= 15 is 0 Å². The normalized spacial score (nSPS) is 10.2. The van der Waals surface area contributed by atoms with Crippen LogP contribution in [0.3, 0.4) is 0 Å². The van der Waals surface area contributed by atoms with E-state index in [0.717, 1.165) is 22.4 Å². The van der Waals surface area contributed by atoms with Crippen molar-refractivity contribution >= 4 is 11.7 Å². The van der Waals surface area contributed by atoms with Crippen molar-refractivity contribution in [2.24, 2.45) is 0 Å². The van der Waals surface area contributed by atoms with Gasteiger partial charge in [0.2, 0.25) is 0 Å². The molecule has 4 heteroatoms. The molecule has 2 aromatic carbocycles. The van der Waals surface area contributed by atoms with Gasteiger partial charge in [-0.2, -0.15) is 0 Å². The Kier molecular flexibility index (Phi) is 4.95. The Balaban J connectivity index is 1.94. The Morgan fingerprint density at radius 3 is 2.43 bits per heavy atom. The SMILES string of the molecule is Cc1ccc(NC(=O)NCc2ccccc2CO)cc1C. The van der Waals surface area contributed by atoms with Gasteiger partial charge in [-0.05, 0) is 48.2 Å². The lowest BCUT2D eigenvalue weighted by Crippen LogP contribution is -2.28. The van der Waals surface area contributed by atoms with Crippen molar-refractivity contribution in [3.8, 4) is 0 Å². The fraction of sp³-hybridized carbons (Fsp3) is 0.235. The quantitative estimate of drug-likeness (QED) is 0.808. The number of aliphatic hydroxyl groups excluding tert-OH is 1. The maximum absolute atomic E-state index is 11.9. The zero-order valence-electron chi connectivity index (χ0n) is 12.3. The number of anilines is 1. The fourth-order valence-electron chi connectivity index (χ4n) is 2.05. The van der Waals surface area contributed by atoms with Gasteiger partial charge >= 0.3 is 6.03 Å². The molecule has 21 heavy (non-hydrogen) atoms. The highest BCUT2D eigenvalue weighted by atomic mass is 16.3. The number of nitrogens with one attached hydrogen (secondary N) is 2. The van der Waals surface area contributed by atoms with Gasteiger partial charge in [0.1, 0.15) is 0 Å². The number of carbonyl (C=O) groups excluding carboxylic acids is 1. The molecule has 0 unspecified atom stereocenters. The zero-order valence-corrected chi connectivity index (χ0v) is 12.3. The van der Waals surface area contributed by atoms with Gasteiger partial charge in [0, 0.05) is 12.2 Å². The predicted octanol–water partition coefficient (Wildman–Crippen LogP) is 3.12. The summed E-state index contributed by atoms with van der Waals surface area (Å²) in [6.07, 6.45) is 0. The summed E-state index contributed by atoms with van der Waals surface area (Å²) >= 11 is 0. The molecule has 0 atom stereocenters. The van der Waals surface area contributed by atoms with Crippen molar-refractivity contribution < 1.29 is 9.90 Å². The van der Waals surface area contributed by atoms with E-state index in [0.29, 0.717) is 6.54 Å². The summed E-state index contributed by atoms with van der Waals surface area (Å²) in [5, 5.41) is 14.8. The topological polar surface area (TPSA) is 61.4 Å². The summed E-state index contributed by atoms with van der Waals surface area (Å²) in [4.78, 5) is 11.9. The van der Waals surface area contributed by atoms with Crippen molar-refractivity contribution in [1.82, 2.24) is 5.32 Å². The summed E-state index contributed by atoms with van der Waals surface area (Å²) in [5.41, 5.74) is 4.83. The number of hydrogen-bond acceptors (Lipinski definition) is 2. The van der Waals surface area contributed by atoms with E-state index < -0.39 is 0 Å². The number of aryl methyl sites for hydroxylation is 2. The molecule has 0 saturated heterocycles. The van der Waals surface area contributed by atoms with Crippen molar-refractivity contribution in [3.05, 3.63) is 64.7 Å². The molecule has 2 aromatic rings. The minimum absolute atomic E-state index is 0.0311. The van der Waals surface area contributed by atoms with Crippen LogP contribution >= 0.6 is 0 Å². The average Bonchev–Trinajstić information content (AvgIpc) is 2.49. The van der Waals surface area contributed by atoms with Crippen LogP contribution in [-0.4, -0.2) is 11.1 Å². The second kappa shape index (κ2) is 6.90. The van der Waals surface area contributed by atoms with Gasteiger partial charge in [-0.3, -0.25) is 0 Å². The molecule has 0 aliphatic carbocycles. The van der Waals surface area contributed by atoms with Crippen molar-refractivity contribution in [2.75, 3.05) is 5.32 Å². The molecule has 2 amide bonds. The number of rotatable bonds is 4. The summed E-state index contributed by atoms with van der Waals surface area (Å²) in [6.45, 7) is 4.39. The number of hydrogen-bond donors (Lipinski definition) is 3. The van der Waals surface area contributed by atoms with E-state index in [1.54, 1.807) is 0 Å². The Morgan fingerprint density at radius 2 is 1.76 bits per heavy atom. The second-order valence-corrected chi connectivity index (χ2v) is 5.03. The van der Waals surface area contributed by atoms with Gasteiger partial charge in [-0.15, -0.1) is 0 Å². The highest BCUT2D eigenvalue weighted by molar-refractivity contribution is 5.89. The van der Waals surface area contributed by atoms with E-state index in [9.17, 15) is 9.90 Å². The van der Waals surface area contributed by atoms with Crippen molar-refractivity contribution in [3.63, 3.8) is 0 Å². The molecule has 0 aliphatic rings. The smallest absolute Gasteiger partial charge is 0.319 e. The van der Waals surface area contributed by atoms with E-state index in [4.69, 9.17) is 0 Å². The van der Waals surface area contributed by atoms with E-state index in [2.05, 4.69) is 10.6 Å². The lowest BCUT2D eigenvalue weighted by molar-refractivity contribution is 0.251. The first-order valence-corrected chi connectivity index (χ1v) is 6.90. The van der Waals surface area contributed by atoms with Crippen LogP contribution < -0.4 is 10.6 Å². The Labute approximate surface area is 124 Å². The molecule has 110 valence electrons. The third-order valence-electron chi connectivity index (χ3n) is 3.49. The largest absolute Gasteiger partial charge is 0.392 e. The van der Waals surface area contributed by atoms with Gasteiger partial charge in [-0.1, -0.05) is 30.3 Å². The first kappa shape index (κ1) is 15.1. The molecule has 0 radical (unpaired) electrons. The molecule has 3 N–H and O–H groups in total. The molecule has 0 fully saturated rings. The standard InChI is InChI=1S/C17H20N2O2/c1-12-7-8-16(9-13(12)2)19-17(21)18-10-14-5-3-4-6-15(14)11-20/h3-9,20H,10-11H2,1-2H3,(H2,18,19,21). The maximum atomic E-state index is 11.9. The number of carbonyl (C=O) groups is 1. The molecule has 2 rings (SSSR count). The molecule has 0 spiro atoms. The van der Waals surface area contributed by atoms with Gasteiger partial charge in [0.25, 0.3) is 0 Å². The van der Waals surface area contributed by atoms with Crippen LogP contribution in [0.4, 0.5) is 10.5 Å². The molecule has 4 nitrogen and oxygen atoms in total. The molecule has 0 aliphatic heterocycles. The van der Waals surface area contributed by atoms with E-state index in [1.807, 2.05) is 56.3 Å². The minimum Gasteiger partial charge on any atom is -0.392 e. The van der Waals surface area contributed by atoms with Crippen molar-refractivity contribution in [1.29, 1.82) is 0 Å². The monoisotopic (exact) mass is 284 g/mol. The molecule has 0 heterocycles. The summed E-state index contributed by atoms with van der Waals surface area (Å²) < 4.78 is 0. The first-order valence-electron chi connectivity index (χ1n) is 6.90. The van der Waals surface area contributed by atoms with E-state index in [-0.39, 0.29) is 12.6 Å². The summed E-state index contributed by atoms with van der Waals surface area (Å²) in [5.74, 6) is 0. The van der Waals surface area contributed by atoms with Crippen LogP contribution in [0.25, 0.3) is 0 Å². The van der Waals surface area contributed by atoms with Crippen LogP contribution in [0.15, 0.2) is 42.5 Å². The average molecular weight is 284 g/mol. The highest BCUT2D eigenvalue weighted by Crippen LogP contribution is 2.14.